The predicted octanol–water partition coefficient (Wildman–Crippen LogP) is -0.352. The summed E-state index contributed by atoms with van der Waals surface area (Å²) in [4.78, 5) is 0. The maximum absolute atomic E-state index is 5.16. The van der Waals surface area contributed by atoms with Gasteiger partial charge in [-0.25, -0.2) is 0 Å². The van der Waals surface area contributed by atoms with E-state index in [9.17, 15) is 0 Å². The topological polar surface area (TPSA) is 36.9 Å². The van der Waals surface area contributed by atoms with Crippen molar-refractivity contribution in [3.63, 3.8) is 0 Å². The molecule has 0 aliphatic carbocycles. The van der Waals surface area contributed by atoms with E-state index in [0.29, 0.717) is 0 Å². The lowest BCUT2D eigenvalue weighted by molar-refractivity contribution is 0.138. The zero-order valence-electron chi connectivity index (χ0n) is 7.99. The molecular formula is C6H16O4Si2. The van der Waals surface area contributed by atoms with Gasteiger partial charge in [-0.3, -0.25) is 0 Å². The highest BCUT2D eigenvalue weighted by Gasteiger charge is 2.33. The fraction of sp³-hybridized carbons (Fsp3) is 0.667. The molecule has 0 aromatic carbocycles. The normalized spacial score (nSPS) is 13.7. The first-order valence-corrected chi connectivity index (χ1v) is 6.76. The minimum atomic E-state index is -2.48. The molecule has 4 nitrogen and oxygen atoms in total. The monoisotopic (exact) mass is 208 g/mol. The van der Waals surface area contributed by atoms with Gasteiger partial charge in [0.15, 0.2) is 9.76 Å². The van der Waals surface area contributed by atoms with Crippen LogP contribution in [0.4, 0.5) is 0 Å². The SMILES string of the molecule is CO[SiH2]C=C[Si](OC)(OC)OC. The van der Waals surface area contributed by atoms with Crippen LogP contribution in [0, 0.1) is 0 Å². The van der Waals surface area contributed by atoms with Crippen molar-refractivity contribution in [3.8, 4) is 0 Å². The Kier molecular flexibility index (Phi) is 6.53. The summed E-state index contributed by atoms with van der Waals surface area (Å²) in [5.74, 6) is 0. The molecule has 0 aliphatic rings. The number of rotatable bonds is 6. The quantitative estimate of drug-likeness (QED) is 0.559. The van der Waals surface area contributed by atoms with Crippen LogP contribution in [0.15, 0.2) is 11.4 Å². The molecule has 0 saturated carbocycles. The summed E-state index contributed by atoms with van der Waals surface area (Å²) in [5, 5.41) is 0. The second-order valence-electron chi connectivity index (χ2n) is 2.07. The van der Waals surface area contributed by atoms with Crippen LogP contribution in [-0.2, 0) is 17.7 Å². The minimum Gasteiger partial charge on any atom is -0.422 e. The van der Waals surface area contributed by atoms with E-state index in [1.165, 1.54) is 0 Å². The van der Waals surface area contributed by atoms with Gasteiger partial charge in [-0.15, -0.1) is 0 Å². The molecule has 0 atom stereocenters. The molecule has 0 heterocycles. The highest BCUT2D eigenvalue weighted by molar-refractivity contribution is 6.67. The number of hydrogen-bond acceptors (Lipinski definition) is 4. The van der Waals surface area contributed by atoms with Crippen LogP contribution in [0.5, 0.6) is 0 Å². The molecule has 0 aromatic rings. The summed E-state index contributed by atoms with van der Waals surface area (Å²) >= 11 is 0. The zero-order valence-corrected chi connectivity index (χ0v) is 10.4. The molecule has 0 fully saturated rings. The third-order valence-corrected chi connectivity index (χ3v) is 5.02. The minimum absolute atomic E-state index is 0.572. The van der Waals surface area contributed by atoms with Crippen molar-refractivity contribution in [1.29, 1.82) is 0 Å². The maximum atomic E-state index is 5.16. The Morgan fingerprint density at radius 2 is 1.50 bits per heavy atom. The van der Waals surface area contributed by atoms with Crippen LogP contribution in [0.1, 0.15) is 0 Å². The van der Waals surface area contributed by atoms with Crippen molar-refractivity contribution >= 4 is 18.6 Å². The molecule has 0 aliphatic heterocycles. The molecule has 0 bridgehead atoms. The lowest BCUT2D eigenvalue weighted by Crippen LogP contribution is -2.41. The van der Waals surface area contributed by atoms with Gasteiger partial charge in [0.2, 0.25) is 0 Å². The van der Waals surface area contributed by atoms with Crippen molar-refractivity contribution in [3.05, 3.63) is 11.4 Å². The Morgan fingerprint density at radius 1 is 1.00 bits per heavy atom. The van der Waals surface area contributed by atoms with Crippen molar-refractivity contribution in [2.24, 2.45) is 0 Å². The summed E-state index contributed by atoms with van der Waals surface area (Å²) in [7, 11) is 3.38. The van der Waals surface area contributed by atoms with E-state index in [-0.39, 0.29) is 0 Å². The third-order valence-electron chi connectivity index (χ3n) is 1.44. The fourth-order valence-electron chi connectivity index (χ4n) is 0.743. The Bertz CT molecular complexity index is 127. The van der Waals surface area contributed by atoms with Crippen molar-refractivity contribution in [2.75, 3.05) is 28.4 Å². The van der Waals surface area contributed by atoms with E-state index in [1.54, 1.807) is 28.4 Å². The average molecular weight is 208 g/mol. The summed E-state index contributed by atoms with van der Waals surface area (Å²) < 4.78 is 20.4. The van der Waals surface area contributed by atoms with Crippen LogP contribution in [-0.4, -0.2) is 47.0 Å². The van der Waals surface area contributed by atoms with Crippen LogP contribution in [0.3, 0.4) is 0 Å². The predicted molar refractivity (Wildman–Crippen MR) is 51.5 cm³/mol. The first-order valence-electron chi connectivity index (χ1n) is 3.56. The molecule has 0 spiro atoms. The molecular weight excluding hydrogens is 192 g/mol. The van der Waals surface area contributed by atoms with Gasteiger partial charge in [0.05, 0.1) is 0 Å². The Hall–Kier alpha value is 0.0138. The molecule has 0 aromatic heterocycles. The van der Waals surface area contributed by atoms with Gasteiger partial charge in [-0.2, -0.15) is 0 Å². The lowest BCUT2D eigenvalue weighted by Gasteiger charge is -2.20. The average Bonchev–Trinajstić information content (AvgIpc) is 2.14. The van der Waals surface area contributed by atoms with Gasteiger partial charge >= 0.3 is 8.80 Å². The van der Waals surface area contributed by atoms with Crippen LogP contribution < -0.4 is 0 Å². The molecule has 0 saturated heterocycles. The molecule has 72 valence electrons. The fourth-order valence-corrected chi connectivity index (χ4v) is 3.38. The standard InChI is InChI=1S/C6H16O4Si2/c1-7-11-5-6-12(8-2,9-3)10-4/h5-6H,11H2,1-4H3. The summed E-state index contributed by atoms with van der Waals surface area (Å²) in [5.41, 5.74) is 3.81. The Balaban J connectivity index is 4.09. The van der Waals surface area contributed by atoms with Gasteiger partial charge in [0.1, 0.15) is 0 Å². The Labute approximate surface area is 76.8 Å². The first-order chi connectivity index (χ1) is 5.74. The van der Waals surface area contributed by atoms with E-state index < -0.39 is 18.6 Å². The van der Waals surface area contributed by atoms with Gasteiger partial charge < -0.3 is 17.7 Å². The highest BCUT2D eigenvalue weighted by Crippen LogP contribution is 2.06. The highest BCUT2D eigenvalue weighted by atomic mass is 28.4. The molecule has 0 N–H and O–H groups in total. The van der Waals surface area contributed by atoms with Gasteiger partial charge in [0, 0.05) is 28.4 Å². The molecule has 0 amide bonds. The molecule has 0 radical (unpaired) electrons. The van der Waals surface area contributed by atoms with E-state index >= 15 is 0 Å². The van der Waals surface area contributed by atoms with E-state index in [4.69, 9.17) is 17.7 Å². The van der Waals surface area contributed by atoms with E-state index in [2.05, 4.69) is 0 Å². The van der Waals surface area contributed by atoms with Gasteiger partial charge in [-0.1, -0.05) is 5.70 Å². The van der Waals surface area contributed by atoms with E-state index in [1.807, 2.05) is 11.4 Å². The second kappa shape index (κ2) is 6.52. The van der Waals surface area contributed by atoms with Gasteiger partial charge in [0.25, 0.3) is 0 Å². The van der Waals surface area contributed by atoms with Crippen LogP contribution in [0.2, 0.25) is 0 Å². The summed E-state index contributed by atoms with van der Waals surface area (Å²) in [6, 6.07) is 0. The Morgan fingerprint density at radius 3 is 1.83 bits per heavy atom. The number of hydrogen-bond donors (Lipinski definition) is 0. The molecule has 0 unspecified atom stereocenters. The third kappa shape index (κ3) is 3.61. The summed E-state index contributed by atoms with van der Waals surface area (Å²) in [6.45, 7) is 0. The van der Waals surface area contributed by atoms with Crippen molar-refractivity contribution < 1.29 is 17.7 Å². The zero-order chi connectivity index (χ0) is 9.45. The van der Waals surface area contributed by atoms with E-state index in [0.717, 1.165) is 0 Å². The lowest BCUT2D eigenvalue weighted by atomic mass is 11.2. The summed E-state index contributed by atoms with van der Waals surface area (Å²) in [6.07, 6.45) is 0. The second-order valence-corrected chi connectivity index (χ2v) is 6.22. The van der Waals surface area contributed by atoms with Crippen LogP contribution in [0.25, 0.3) is 0 Å². The molecule has 6 heteroatoms. The van der Waals surface area contributed by atoms with Crippen molar-refractivity contribution in [1.82, 2.24) is 0 Å². The maximum Gasteiger partial charge on any atom is 0.528 e. The molecule has 0 rings (SSSR count). The van der Waals surface area contributed by atoms with Gasteiger partial charge in [-0.05, 0) is 5.70 Å². The molecule has 12 heavy (non-hydrogen) atoms. The largest absolute Gasteiger partial charge is 0.528 e. The van der Waals surface area contributed by atoms with Crippen molar-refractivity contribution in [2.45, 2.75) is 0 Å². The smallest absolute Gasteiger partial charge is 0.422 e. The van der Waals surface area contributed by atoms with Crippen LogP contribution >= 0.6 is 0 Å². The first kappa shape index (κ1) is 12.0.